The number of fused-ring (bicyclic) bond motifs is 7. The van der Waals surface area contributed by atoms with Crippen molar-refractivity contribution < 1.29 is 19.5 Å². The van der Waals surface area contributed by atoms with E-state index < -0.39 is 16.8 Å². The molecule has 0 bridgehead atoms. The van der Waals surface area contributed by atoms with Gasteiger partial charge in [-0.3, -0.25) is 14.4 Å². The Morgan fingerprint density at radius 3 is 2.21 bits per heavy atom. The molecular weight excluding hydrogens is 424 g/mol. The molecule has 7 unspecified atom stereocenters. The van der Waals surface area contributed by atoms with Crippen LogP contribution in [0.5, 0.6) is 0 Å². The van der Waals surface area contributed by atoms with Crippen LogP contribution in [0.4, 0.5) is 0 Å². The first-order valence-corrected chi connectivity index (χ1v) is 13.6. The van der Waals surface area contributed by atoms with Gasteiger partial charge in [0.05, 0.1) is 5.41 Å². The van der Waals surface area contributed by atoms with Gasteiger partial charge in [0.2, 0.25) is 0 Å². The molecule has 0 heterocycles. The van der Waals surface area contributed by atoms with Gasteiger partial charge in [-0.15, -0.1) is 0 Å². The highest BCUT2D eigenvalue weighted by Crippen LogP contribution is 2.74. The first-order valence-electron chi connectivity index (χ1n) is 13.6. The number of carboxylic acids is 1. The number of allylic oxidation sites excluding steroid dienone is 2. The topological polar surface area (TPSA) is 71.4 Å². The van der Waals surface area contributed by atoms with Gasteiger partial charge in [-0.25, -0.2) is 0 Å². The molecule has 4 nitrogen and oxygen atoms in total. The highest BCUT2D eigenvalue weighted by molar-refractivity contribution is 5.96. The average molecular weight is 469 g/mol. The Labute approximate surface area is 205 Å². The maximum atomic E-state index is 14.2. The van der Waals surface area contributed by atoms with Gasteiger partial charge in [-0.1, -0.05) is 54.0 Å². The summed E-state index contributed by atoms with van der Waals surface area (Å²) in [6.07, 6.45) is 9.22. The third-order valence-electron chi connectivity index (χ3n) is 12.5. The van der Waals surface area contributed by atoms with E-state index in [4.69, 9.17) is 0 Å². The number of ketones is 2. The molecule has 0 radical (unpaired) electrons. The quantitative estimate of drug-likeness (QED) is 0.469. The summed E-state index contributed by atoms with van der Waals surface area (Å²) < 4.78 is 0. The number of hydrogen-bond donors (Lipinski definition) is 1. The lowest BCUT2D eigenvalue weighted by Crippen LogP contribution is -2.66. The molecule has 0 saturated heterocycles. The van der Waals surface area contributed by atoms with E-state index in [0.29, 0.717) is 25.0 Å². The zero-order chi connectivity index (χ0) is 25.1. The van der Waals surface area contributed by atoms with Gasteiger partial charge in [0.1, 0.15) is 5.78 Å². The van der Waals surface area contributed by atoms with Crippen molar-refractivity contribution in [2.24, 2.45) is 50.2 Å². The summed E-state index contributed by atoms with van der Waals surface area (Å²) in [5.74, 6) is -0.0662. The normalized spacial score (nSPS) is 49.1. The average Bonchev–Trinajstić information content (AvgIpc) is 2.72. The summed E-state index contributed by atoms with van der Waals surface area (Å²) >= 11 is 0. The van der Waals surface area contributed by atoms with E-state index >= 15 is 0 Å². The van der Waals surface area contributed by atoms with Crippen molar-refractivity contribution in [1.29, 1.82) is 0 Å². The molecule has 0 spiro atoms. The van der Waals surface area contributed by atoms with Crippen LogP contribution >= 0.6 is 0 Å². The summed E-state index contributed by atoms with van der Waals surface area (Å²) in [6, 6.07) is 0. The van der Waals surface area contributed by atoms with E-state index in [1.807, 2.05) is 6.08 Å². The zero-order valence-electron chi connectivity index (χ0n) is 22.3. The van der Waals surface area contributed by atoms with Gasteiger partial charge >= 0.3 is 5.97 Å². The Morgan fingerprint density at radius 1 is 0.912 bits per heavy atom. The third kappa shape index (κ3) is 2.75. The molecule has 0 amide bonds. The Morgan fingerprint density at radius 2 is 1.56 bits per heavy atom. The van der Waals surface area contributed by atoms with Crippen LogP contribution in [0.25, 0.3) is 0 Å². The van der Waals surface area contributed by atoms with Crippen LogP contribution < -0.4 is 0 Å². The van der Waals surface area contributed by atoms with Crippen molar-refractivity contribution in [2.45, 2.75) is 106 Å². The molecule has 5 aliphatic carbocycles. The number of carboxylic acid groups (broad SMARTS) is 1. The van der Waals surface area contributed by atoms with Crippen LogP contribution in [0, 0.1) is 50.2 Å². The second-order valence-corrected chi connectivity index (χ2v) is 14.8. The SMILES string of the molecule is CC1(C)CCC2(C(=O)O)CCC3(C)C(=CC(=O)C4C5(C)CCC(=O)C(C)(C)C5CCC43C)C2C1. The molecule has 0 aliphatic heterocycles. The van der Waals surface area contributed by atoms with E-state index in [2.05, 4.69) is 48.5 Å². The predicted molar refractivity (Wildman–Crippen MR) is 132 cm³/mol. The van der Waals surface area contributed by atoms with E-state index in [1.165, 1.54) is 0 Å². The van der Waals surface area contributed by atoms with E-state index in [0.717, 1.165) is 44.1 Å². The lowest BCUT2D eigenvalue weighted by atomic mass is 9.33. The minimum atomic E-state index is -0.731. The second-order valence-electron chi connectivity index (χ2n) is 14.8. The monoisotopic (exact) mass is 468 g/mol. The largest absolute Gasteiger partial charge is 0.481 e. The van der Waals surface area contributed by atoms with E-state index in [-0.39, 0.29) is 45.2 Å². The number of carbonyl (C=O) groups excluding carboxylic acids is 2. The fourth-order valence-corrected chi connectivity index (χ4v) is 10.3. The molecule has 0 aromatic rings. The van der Waals surface area contributed by atoms with E-state index in [9.17, 15) is 19.5 Å². The lowest BCUT2D eigenvalue weighted by molar-refractivity contribution is -0.191. The minimum absolute atomic E-state index is 0.0656. The smallest absolute Gasteiger partial charge is 0.310 e. The Balaban J connectivity index is 1.66. The highest BCUT2D eigenvalue weighted by atomic mass is 16.4. The maximum absolute atomic E-state index is 14.2. The van der Waals surface area contributed by atoms with Gasteiger partial charge in [0.15, 0.2) is 5.78 Å². The third-order valence-corrected chi connectivity index (χ3v) is 12.5. The van der Waals surface area contributed by atoms with Crippen molar-refractivity contribution in [3.63, 3.8) is 0 Å². The van der Waals surface area contributed by atoms with Crippen molar-refractivity contribution >= 4 is 17.5 Å². The predicted octanol–water partition coefficient (Wildman–Crippen LogP) is 6.62. The number of hydrogen-bond acceptors (Lipinski definition) is 3. The highest BCUT2D eigenvalue weighted by Gasteiger charge is 2.71. The van der Waals surface area contributed by atoms with Gasteiger partial charge in [-0.2, -0.15) is 0 Å². The molecule has 4 fully saturated rings. The van der Waals surface area contributed by atoms with Crippen molar-refractivity contribution in [3.05, 3.63) is 11.6 Å². The molecule has 34 heavy (non-hydrogen) atoms. The summed E-state index contributed by atoms with van der Waals surface area (Å²) in [5, 5.41) is 10.5. The first kappa shape index (κ1) is 24.3. The molecule has 1 N–H and O–H groups in total. The van der Waals surface area contributed by atoms with Crippen LogP contribution in [0.15, 0.2) is 11.6 Å². The second kappa shape index (κ2) is 6.85. The van der Waals surface area contributed by atoms with Crippen LogP contribution in [0.2, 0.25) is 0 Å². The van der Waals surface area contributed by atoms with E-state index in [1.54, 1.807) is 0 Å². The molecule has 5 aliphatic rings. The summed E-state index contributed by atoms with van der Waals surface area (Å²) in [6.45, 7) is 15.7. The molecule has 0 aromatic carbocycles. The fourth-order valence-electron chi connectivity index (χ4n) is 10.3. The maximum Gasteiger partial charge on any atom is 0.310 e. The van der Waals surface area contributed by atoms with Crippen LogP contribution in [-0.2, 0) is 14.4 Å². The zero-order valence-corrected chi connectivity index (χ0v) is 22.3. The van der Waals surface area contributed by atoms with Gasteiger partial charge in [0, 0.05) is 17.8 Å². The summed E-state index contributed by atoms with van der Waals surface area (Å²) in [4.78, 5) is 39.8. The van der Waals surface area contributed by atoms with Gasteiger partial charge in [0.25, 0.3) is 0 Å². The first-order chi connectivity index (χ1) is 15.6. The van der Waals surface area contributed by atoms with Crippen molar-refractivity contribution in [3.8, 4) is 0 Å². The van der Waals surface area contributed by atoms with Crippen molar-refractivity contribution in [2.75, 3.05) is 0 Å². The van der Waals surface area contributed by atoms with Gasteiger partial charge < -0.3 is 5.11 Å². The van der Waals surface area contributed by atoms with Crippen molar-refractivity contribution in [1.82, 2.24) is 0 Å². The Hall–Kier alpha value is -1.45. The van der Waals surface area contributed by atoms with Crippen LogP contribution in [0.1, 0.15) is 106 Å². The van der Waals surface area contributed by atoms with Crippen LogP contribution in [-0.4, -0.2) is 22.6 Å². The molecule has 4 saturated carbocycles. The number of Topliss-reactive ketones (excluding diaryl/α,β-unsaturated/α-hetero) is 1. The standard InChI is InChI=1S/C30H44O4/c1-25(2)12-14-30(24(33)34)15-13-28(6)18(19(30)17-25)16-20(31)23-27(5)10-9-22(32)26(3,4)21(27)8-11-29(23,28)7/h16,19,21,23H,8-15,17H2,1-7H3,(H,33,34). The Kier molecular flexibility index (Phi) is 4.89. The molecule has 188 valence electrons. The number of rotatable bonds is 1. The summed E-state index contributed by atoms with van der Waals surface area (Å²) in [5.41, 5.74) is -0.473. The van der Waals surface area contributed by atoms with Crippen LogP contribution in [0.3, 0.4) is 0 Å². The molecule has 4 heteroatoms. The minimum Gasteiger partial charge on any atom is -0.481 e. The molecule has 7 atom stereocenters. The van der Waals surface area contributed by atoms with Gasteiger partial charge in [-0.05, 0) is 90.9 Å². The molecular formula is C30H44O4. The number of carbonyl (C=O) groups is 3. The fraction of sp³-hybridized carbons (Fsp3) is 0.833. The molecule has 5 rings (SSSR count). The summed E-state index contributed by atoms with van der Waals surface area (Å²) in [7, 11) is 0. The Bertz CT molecular complexity index is 1000. The lowest BCUT2D eigenvalue weighted by Gasteiger charge is -2.69. The molecule has 0 aromatic heterocycles. The number of aliphatic carboxylic acids is 1.